The third-order valence-corrected chi connectivity index (χ3v) is 5.56. The van der Waals surface area contributed by atoms with E-state index in [1.165, 1.54) is 32.9 Å². The van der Waals surface area contributed by atoms with Crippen molar-refractivity contribution >= 4 is 23.7 Å². The lowest BCUT2D eigenvalue weighted by molar-refractivity contribution is -0.145. The Morgan fingerprint density at radius 3 is 1.94 bits per heavy atom. The van der Waals surface area contributed by atoms with Crippen molar-refractivity contribution in [1.29, 1.82) is 0 Å². The van der Waals surface area contributed by atoms with E-state index in [2.05, 4.69) is 15.4 Å². The van der Waals surface area contributed by atoms with Gasteiger partial charge in [-0.1, -0.05) is 26.0 Å². The number of esters is 1. The van der Waals surface area contributed by atoms with Crippen LogP contribution in [-0.4, -0.2) is 72.5 Å². The quantitative estimate of drug-likeness (QED) is 0.385. The van der Waals surface area contributed by atoms with Crippen LogP contribution in [0.25, 0.3) is 0 Å². The van der Waals surface area contributed by atoms with Crippen molar-refractivity contribution < 1.29 is 28.7 Å². The monoisotopic (exact) mass is 506 g/mol. The normalized spacial score (nSPS) is 14.8. The van der Waals surface area contributed by atoms with Crippen molar-refractivity contribution in [2.45, 2.75) is 84.7 Å². The minimum absolute atomic E-state index is 0.123. The fourth-order valence-electron chi connectivity index (χ4n) is 3.30. The van der Waals surface area contributed by atoms with Gasteiger partial charge in [0.25, 0.3) is 0 Å². The molecule has 0 heterocycles. The maximum atomic E-state index is 13.3. The summed E-state index contributed by atoms with van der Waals surface area (Å²) in [6.07, 6.45) is 0.196. The van der Waals surface area contributed by atoms with Crippen molar-refractivity contribution in [3.05, 3.63) is 29.8 Å². The van der Waals surface area contributed by atoms with Gasteiger partial charge >= 0.3 is 5.97 Å². The van der Waals surface area contributed by atoms with Gasteiger partial charge < -0.3 is 30.7 Å². The van der Waals surface area contributed by atoms with Gasteiger partial charge in [0.1, 0.15) is 29.5 Å². The Hall–Kier alpha value is -3.14. The van der Waals surface area contributed by atoms with E-state index in [0.717, 1.165) is 5.56 Å². The summed E-state index contributed by atoms with van der Waals surface area (Å²) in [6.45, 7) is 12.5. The molecule has 0 bridgehead atoms. The fourth-order valence-corrected chi connectivity index (χ4v) is 3.30. The second kappa shape index (κ2) is 13.2. The predicted octanol–water partition coefficient (Wildman–Crippen LogP) is 1.40. The van der Waals surface area contributed by atoms with E-state index in [9.17, 15) is 19.2 Å². The molecule has 36 heavy (non-hydrogen) atoms. The van der Waals surface area contributed by atoms with Gasteiger partial charge in [0, 0.05) is 13.5 Å². The highest BCUT2D eigenvalue weighted by Crippen LogP contribution is 2.20. The summed E-state index contributed by atoms with van der Waals surface area (Å²) in [7, 11) is 2.74. The Balaban J connectivity index is 3.10. The molecule has 0 saturated carbocycles. The second-order valence-corrected chi connectivity index (χ2v) is 10.3. The van der Waals surface area contributed by atoms with Gasteiger partial charge in [-0.3, -0.25) is 14.4 Å². The molecule has 0 unspecified atom stereocenters. The summed E-state index contributed by atoms with van der Waals surface area (Å²) < 4.78 is 10.5. The van der Waals surface area contributed by atoms with Crippen LogP contribution in [0.1, 0.15) is 54.0 Å². The molecule has 1 aromatic rings. The molecule has 0 radical (unpaired) electrons. The zero-order chi connectivity index (χ0) is 27.8. The molecule has 10 nitrogen and oxygen atoms in total. The van der Waals surface area contributed by atoms with E-state index in [-0.39, 0.29) is 23.8 Å². The summed E-state index contributed by atoms with van der Waals surface area (Å²) in [5, 5.41) is 5.14. The summed E-state index contributed by atoms with van der Waals surface area (Å²) in [4.78, 5) is 51.7. The predicted molar refractivity (Wildman–Crippen MR) is 137 cm³/mol. The Morgan fingerprint density at radius 2 is 1.47 bits per heavy atom. The van der Waals surface area contributed by atoms with Crippen LogP contribution in [0.3, 0.4) is 0 Å². The van der Waals surface area contributed by atoms with Gasteiger partial charge in [-0.15, -0.1) is 0 Å². The number of likely N-dealkylation sites (N-methyl/N-ethyl adjacent to an activating group) is 1. The van der Waals surface area contributed by atoms with Crippen molar-refractivity contribution in [3.63, 3.8) is 0 Å². The average Bonchev–Trinajstić information content (AvgIpc) is 2.80. The molecule has 4 N–H and O–H groups in total. The van der Waals surface area contributed by atoms with Gasteiger partial charge in [-0.25, -0.2) is 4.79 Å². The topological polar surface area (TPSA) is 140 Å². The highest BCUT2D eigenvalue weighted by molar-refractivity contribution is 5.94. The van der Waals surface area contributed by atoms with Crippen LogP contribution in [0.15, 0.2) is 24.3 Å². The van der Waals surface area contributed by atoms with E-state index in [1.807, 2.05) is 58.9 Å². The number of nitrogens with zero attached hydrogens (tertiary/aromatic N) is 1. The summed E-state index contributed by atoms with van der Waals surface area (Å²) in [5.74, 6) is -1.51. The number of rotatable bonds is 11. The highest BCUT2D eigenvalue weighted by atomic mass is 16.5. The van der Waals surface area contributed by atoms with Gasteiger partial charge in [0.15, 0.2) is 0 Å². The molecule has 0 aliphatic heterocycles. The molecule has 202 valence electrons. The molecule has 0 aromatic heterocycles. The number of hydrogen-bond donors (Lipinski definition) is 3. The molecule has 4 atom stereocenters. The van der Waals surface area contributed by atoms with E-state index in [0.29, 0.717) is 5.75 Å². The lowest BCUT2D eigenvalue weighted by Gasteiger charge is -2.31. The van der Waals surface area contributed by atoms with E-state index >= 15 is 0 Å². The molecule has 3 amide bonds. The van der Waals surface area contributed by atoms with E-state index in [1.54, 1.807) is 0 Å². The fraction of sp³-hybridized carbons (Fsp3) is 0.615. The molecule has 1 aromatic carbocycles. The van der Waals surface area contributed by atoms with Crippen LogP contribution in [0.5, 0.6) is 5.75 Å². The van der Waals surface area contributed by atoms with Gasteiger partial charge in [-0.05, 0) is 58.2 Å². The number of nitrogens with two attached hydrogens (primary N) is 1. The molecular weight excluding hydrogens is 464 g/mol. The van der Waals surface area contributed by atoms with Crippen molar-refractivity contribution in [3.8, 4) is 5.75 Å². The minimum Gasteiger partial charge on any atom is -0.488 e. The van der Waals surface area contributed by atoms with Crippen molar-refractivity contribution in [2.24, 2.45) is 11.7 Å². The minimum atomic E-state index is -0.961. The molecule has 0 aliphatic carbocycles. The molecule has 1 rings (SSSR count). The van der Waals surface area contributed by atoms with Crippen LogP contribution >= 0.6 is 0 Å². The van der Waals surface area contributed by atoms with Gasteiger partial charge in [0.05, 0.1) is 13.2 Å². The highest BCUT2D eigenvalue weighted by Gasteiger charge is 2.33. The maximum absolute atomic E-state index is 13.3. The van der Waals surface area contributed by atoms with Crippen LogP contribution in [0.4, 0.5) is 0 Å². The number of amides is 3. The van der Waals surface area contributed by atoms with Crippen LogP contribution in [0, 0.1) is 5.92 Å². The summed E-state index contributed by atoms with van der Waals surface area (Å²) >= 11 is 0. The molecule has 0 aliphatic rings. The standard InChI is InChI=1S/C26H42N4O6/c1-15(2)21(27)24(33)30(8)20(14-18-10-12-19(13-11-18)36-26(5,6)7)23(32)28-16(3)22(31)29-17(4)25(34)35-9/h10-13,15-17,20-21H,14,27H2,1-9H3,(H,28,32)(H,29,31)/t16-,17-,20-,21-/m0/s1. The zero-order valence-electron chi connectivity index (χ0n) is 22.9. The third-order valence-electron chi connectivity index (χ3n) is 5.56. The zero-order valence-corrected chi connectivity index (χ0v) is 22.9. The Morgan fingerprint density at radius 1 is 0.944 bits per heavy atom. The Bertz CT molecular complexity index is 910. The smallest absolute Gasteiger partial charge is 0.328 e. The first kappa shape index (κ1) is 30.9. The largest absolute Gasteiger partial charge is 0.488 e. The second-order valence-electron chi connectivity index (χ2n) is 10.3. The average molecular weight is 507 g/mol. The molecule has 0 saturated heterocycles. The van der Waals surface area contributed by atoms with Crippen LogP contribution in [-0.2, 0) is 30.3 Å². The maximum Gasteiger partial charge on any atom is 0.328 e. The first-order valence-electron chi connectivity index (χ1n) is 12.1. The number of ether oxygens (including phenoxy) is 2. The Labute approximate surface area is 214 Å². The first-order valence-corrected chi connectivity index (χ1v) is 12.1. The number of benzene rings is 1. The number of methoxy groups -OCH3 is 1. The van der Waals surface area contributed by atoms with Gasteiger partial charge in [-0.2, -0.15) is 0 Å². The van der Waals surface area contributed by atoms with Crippen molar-refractivity contribution in [2.75, 3.05) is 14.2 Å². The number of carbonyl (C=O) groups excluding carboxylic acids is 4. The molecule has 0 spiro atoms. The number of nitrogens with one attached hydrogen (secondary N) is 2. The number of carbonyl (C=O) groups is 4. The summed E-state index contributed by atoms with van der Waals surface area (Å²) in [5.41, 5.74) is 6.51. The SMILES string of the molecule is COC(=O)[C@H](C)NC(=O)[C@H](C)NC(=O)[C@H](Cc1ccc(OC(C)(C)C)cc1)N(C)C(=O)[C@@H](N)C(C)C. The van der Waals surface area contributed by atoms with Crippen LogP contribution in [0.2, 0.25) is 0 Å². The lowest BCUT2D eigenvalue weighted by atomic mass is 10.00. The number of hydrogen-bond acceptors (Lipinski definition) is 7. The molecule has 0 fully saturated rings. The van der Waals surface area contributed by atoms with Gasteiger partial charge in [0.2, 0.25) is 17.7 Å². The van der Waals surface area contributed by atoms with Crippen LogP contribution < -0.4 is 21.1 Å². The Kier molecular flexibility index (Phi) is 11.4. The van der Waals surface area contributed by atoms with Crippen molar-refractivity contribution in [1.82, 2.24) is 15.5 Å². The van der Waals surface area contributed by atoms with E-state index < -0.39 is 42.0 Å². The lowest BCUT2D eigenvalue weighted by Crippen LogP contribution is -2.57. The third kappa shape index (κ3) is 9.49. The van der Waals surface area contributed by atoms with E-state index in [4.69, 9.17) is 10.5 Å². The first-order chi connectivity index (χ1) is 16.6. The molecule has 10 heteroatoms. The molecular formula is C26H42N4O6. The summed E-state index contributed by atoms with van der Waals surface area (Å²) in [6, 6.07) is 3.73.